The van der Waals surface area contributed by atoms with E-state index in [1.54, 1.807) is 6.07 Å². The average Bonchev–Trinajstić information content (AvgIpc) is 2.41. The third kappa shape index (κ3) is 1.89. The summed E-state index contributed by atoms with van der Waals surface area (Å²) in [6.07, 6.45) is 2.87. The molecule has 0 radical (unpaired) electrons. The first-order valence-electron chi connectivity index (χ1n) is 8.41. The van der Waals surface area contributed by atoms with Crippen LogP contribution in [-0.2, 0) is 29.4 Å². The van der Waals surface area contributed by atoms with Gasteiger partial charge in [0.25, 0.3) is 0 Å². The molecule has 0 amide bonds. The number of hydrogen-bond acceptors (Lipinski definition) is 3. The van der Waals surface area contributed by atoms with Gasteiger partial charge in [0, 0.05) is 0 Å². The first-order valence-corrected chi connectivity index (χ1v) is 9.82. The van der Waals surface area contributed by atoms with E-state index in [4.69, 9.17) is 0 Å². The Labute approximate surface area is 164 Å². The summed E-state index contributed by atoms with van der Waals surface area (Å²) in [4.78, 5) is 0.0340. The van der Waals surface area contributed by atoms with Crippen LogP contribution in [0.4, 0.5) is 0 Å². The summed E-state index contributed by atoms with van der Waals surface area (Å²) >= 11 is 0. The Kier molecular flexibility index (Phi) is 3.60. The molecule has 0 saturated heterocycles. The fourth-order valence-corrected chi connectivity index (χ4v) is 6.04. The maximum atomic E-state index is 11.7. The van der Waals surface area contributed by atoms with Crippen LogP contribution in [0.3, 0.4) is 0 Å². The third-order valence-corrected chi connectivity index (χ3v) is 7.19. The molecule has 3 nitrogen and oxygen atoms in total. The average molecular weight is 350 g/mol. The van der Waals surface area contributed by atoms with Gasteiger partial charge in [-0.2, -0.15) is 0 Å². The largest absolute Gasteiger partial charge is 1.00 e. The molecule has 0 heterocycles. The van der Waals surface area contributed by atoms with Crippen LogP contribution in [0.1, 0.15) is 71.9 Å². The van der Waals surface area contributed by atoms with Gasteiger partial charge < -0.3 is 4.55 Å². The molecular formula is C19H19NaO3S. The number of hydrogen-bond donors (Lipinski definition) is 0. The Hall–Kier alpha value is -0.390. The van der Waals surface area contributed by atoms with Crippen molar-refractivity contribution < 1.29 is 42.5 Å². The van der Waals surface area contributed by atoms with Crippen molar-refractivity contribution in [2.45, 2.75) is 62.7 Å². The molecule has 3 aliphatic rings. The van der Waals surface area contributed by atoms with Crippen molar-refractivity contribution in [1.29, 1.82) is 0 Å². The van der Waals surface area contributed by atoms with E-state index in [0.717, 1.165) is 29.4 Å². The molecule has 2 aromatic carbocycles. The summed E-state index contributed by atoms with van der Waals surface area (Å²) in [6.45, 7) is 6.62. The summed E-state index contributed by atoms with van der Waals surface area (Å²) in [5.74, 6) is 1.42. The molecule has 0 N–H and O–H groups in total. The van der Waals surface area contributed by atoms with Gasteiger partial charge in [-0.05, 0) is 87.2 Å². The van der Waals surface area contributed by atoms with E-state index >= 15 is 0 Å². The molecule has 0 spiro atoms. The zero-order valence-electron chi connectivity index (χ0n) is 14.6. The third-order valence-electron chi connectivity index (χ3n) is 6.28. The van der Waals surface area contributed by atoms with E-state index in [9.17, 15) is 13.0 Å². The van der Waals surface area contributed by atoms with Crippen molar-refractivity contribution in [2.75, 3.05) is 0 Å². The topological polar surface area (TPSA) is 57.2 Å². The van der Waals surface area contributed by atoms with E-state index in [1.165, 1.54) is 27.6 Å². The second kappa shape index (κ2) is 5.08. The van der Waals surface area contributed by atoms with Crippen LogP contribution in [0.15, 0.2) is 11.0 Å². The van der Waals surface area contributed by atoms with Crippen molar-refractivity contribution in [3.63, 3.8) is 0 Å². The quantitative estimate of drug-likeness (QED) is 0.563. The SMILES string of the molecule is CC1Cc2c1c1c(c3cc(S(=O)(=O)[O-])c4c(c23)C(C)C4)C(C)C1.[Na+]. The predicted molar refractivity (Wildman–Crippen MR) is 88.3 cm³/mol. The van der Waals surface area contributed by atoms with E-state index in [-0.39, 0.29) is 34.5 Å². The molecule has 0 fully saturated rings. The molecule has 24 heavy (non-hydrogen) atoms. The molecular weight excluding hydrogens is 331 g/mol. The van der Waals surface area contributed by atoms with Gasteiger partial charge in [0.1, 0.15) is 10.1 Å². The van der Waals surface area contributed by atoms with Crippen molar-refractivity contribution >= 4 is 20.9 Å². The molecule has 0 aliphatic heterocycles. The Balaban J connectivity index is 0.00000146. The van der Waals surface area contributed by atoms with Gasteiger partial charge in [-0.1, -0.05) is 20.8 Å². The zero-order valence-corrected chi connectivity index (χ0v) is 17.4. The normalized spacial score (nSPS) is 26.2. The van der Waals surface area contributed by atoms with Gasteiger partial charge in [-0.15, -0.1) is 0 Å². The summed E-state index contributed by atoms with van der Waals surface area (Å²) in [7, 11) is -4.41. The smallest absolute Gasteiger partial charge is 0.744 e. The van der Waals surface area contributed by atoms with Gasteiger partial charge in [0.15, 0.2) is 0 Å². The van der Waals surface area contributed by atoms with Gasteiger partial charge >= 0.3 is 29.6 Å². The molecule has 0 aromatic heterocycles. The van der Waals surface area contributed by atoms with E-state index in [0.29, 0.717) is 24.2 Å². The Morgan fingerprint density at radius 1 is 0.875 bits per heavy atom. The fraction of sp³-hybridized carbons (Fsp3) is 0.474. The van der Waals surface area contributed by atoms with E-state index < -0.39 is 10.1 Å². The molecule has 120 valence electrons. The monoisotopic (exact) mass is 350 g/mol. The first kappa shape index (κ1) is 17.0. The standard InChI is InChI=1S/C19H20O3S.Na/c1-8-5-12-16-9(2)6-13(16)19-14(17(8)12)7-15(23(20,21)22)11-4-10(3)18(11)19;/h7-10H,4-6H2,1-3H3,(H,20,21,22);/q;+1/p-1. The van der Waals surface area contributed by atoms with Gasteiger partial charge in [-0.3, -0.25) is 0 Å². The number of fused-ring (bicyclic) bond motifs is 8. The van der Waals surface area contributed by atoms with Gasteiger partial charge in [-0.25, -0.2) is 8.42 Å². The van der Waals surface area contributed by atoms with Crippen LogP contribution in [0.5, 0.6) is 0 Å². The van der Waals surface area contributed by atoms with E-state index in [1.807, 2.05) is 0 Å². The van der Waals surface area contributed by atoms with Crippen LogP contribution < -0.4 is 29.6 Å². The molecule has 0 bridgehead atoms. The minimum atomic E-state index is -4.41. The van der Waals surface area contributed by atoms with Gasteiger partial charge in [0.05, 0.1) is 4.90 Å². The van der Waals surface area contributed by atoms with Crippen molar-refractivity contribution in [3.05, 3.63) is 39.4 Å². The molecule has 2 aromatic rings. The number of benzene rings is 2. The molecule has 5 rings (SSSR count). The molecule has 0 saturated carbocycles. The maximum Gasteiger partial charge on any atom is 1.00 e. The second-order valence-corrected chi connectivity index (χ2v) is 9.09. The van der Waals surface area contributed by atoms with Crippen molar-refractivity contribution in [1.82, 2.24) is 0 Å². The minimum Gasteiger partial charge on any atom is -0.744 e. The van der Waals surface area contributed by atoms with Crippen molar-refractivity contribution in [3.8, 4) is 0 Å². The van der Waals surface area contributed by atoms with Gasteiger partial charge in [0.2, 0.25) is 0 Å². The summed E-state index contributed by atoms with van der Waals surface area (Å²) in [6, 6.07) is 1.69. The minimum absolute atomic E-state index is 0. The summed E-state index contributed by atoms with van der Waals surface area (Å²) in [5.41, 5.74) is 7.60. The predicted octanol–water partition coefficient (Wildman–Crippen LogP) is 0.727. The molecule has 5 heteroatoms. The Morgan fingerprint density at radius 3 is 1.96 bits per heavy atom. The first-order chi connectivity index (χ1) is 10.8. The van der Waals surface area contributed by atoms with Crippen LogP contribution in [-0.4, -0.2) is 13.0 Å². The maximum absolute atomic E-state index is 11.7. The van der Waals surface area contributed by atoms with Crippen LogP contribution in [0.2, 0.25) is 0 Å². The summed E-state index contributed by atoms with van der Waals surface area (Å²) < 4.78 is 35.2. The Morgan fingerprint density at radius 2 is 1.42 bits per heavy atom. The summed E-state index contributed by atoms with van der Waals surface area (Å²) in [5, 5.41) is 2.33. The van der Waals surface area contributed by atoms with Crippen LogP contribution in [0.25, 0.3) is 10.8 Å². The van der Waals surface area contributed by atoms with E-state index in [2.05, 4.69) is 20.8 Å². The molecule has 3 aliphatic carbocycles. The van der Waals surface area contributed by atoms with Crippen molar-refractivity contribution in [2.24, 2.45) is 0 Å². The molecule has 3 atom stereocenters. The zero-order chi connectivity index (χ0) is 16.3. The Bertz CT molecular complexity index is 1020. The molecule has 3 unspecified atom stereocenters. The van der Waals surface area contributed by atoms with Crippen LogP contribution in [0, 0.1) is 0 Å². The fourth-order valence-electron chi connectivity index (χ4n) is 5.28. The number of rotatable bonds is 1. The van der Waals surface area contributed by atoms with Crippen LogP contribution >= 0.6 is 0 Å². The second-order valence-electron chi connectivity index (χ2n) is 7.74.